The second-order valence-electron chi connectivity index (χ2n) is 12.8. The van der Waals surface area contributed by atoms with E-state index in [0.717, 1.165) is 17.1 Å². The molecule has 8 aromatic carbocycles. The molecule has 0 bridgehead atoms. The molecule has 1 heteroatoms. The summed E-state index contributed by atoms with van der Waals surface area (Å²) in [7, 11) is 0. The van der Waals surface area contributed by atoms with E-state index in [9.17, 15) is 0 Å². The molecular weight excluding hydrogens is 581 g/mol. The first-order valence-corrected chi connectivity index (χ1v) is 16.6. The van der Waals surface area contributed by atoms with Gasteiger partial charge in [0.25, 0.3) is 0 Å². The Morgan fingerprint density at radius 3 is 1.65 bits per heavy atom. The predicted octanol–water partition coefficient (Wildman–Crippen LogP) is 12.3. The molecule has 0 saturated carbocycles. The van der Waals surface area contributed by atoms with Gasteiger partial charge in [0.15, 0.2) is 0 Å². The third kappa shape index (κ3) is 3.73. The van der Waals surface area contributed by atoms with E-state index in [2.05, 4.69) is 170 Å². The van der Waals surface area contributed by atoms with Gasteiger partial charge in [0.2, 0.25) is 0 Å². The van der Waals surface area contributed by atoms with Crippen LogP contribution in [0.5, 0.6) is 11.5 Å². The number of fused-ring (bicyclic) bond motifs is 5. The summed E-state index contributed by atoms with van der Waals surface area (Å²) in [5.41, 5.74) is 14.6. The van der Waals surface area contributed by atoms with Gasteiger partial charge in [-0.05, 0) is 78.7 Å². The Morgan fingerprint density at radius 2 is 0.896 bits per heavy atom. The second-order valence-corrected chi connectivity index (χ2v) is 12.8. The van der Waals surface area contributed by atoms with Gasteiger partial charge in [-0.15, -0.1) is 0 Å². The molecule has 0 aromatic heterocycles. The van der Waals surface area contributed by atoms with Gasteiger partial charge in [0.05, 0.1) is 5.41 Å². The topological polar surface area (TPSA) is 9.23 Å². The molecule has 0 amide bonds. The third-order valence-corrected chi connectivity index (χ3v) is 10.4. The first kappa shape index (κ1) is 27.0. The number of para-hydroxylation sites is 1. The smallest absolute Gasteiger partial charge is 0.135 e. The molecule has 224 valence electrons. The molecule has 1 aliphatic heterocycles. The van der Waals surface area contributed by atoms with Crippen LogP contribution < -0.4 is 4.74 Å². The average molecular weight is 611 g/mol. The van der Waals surface area contributed by atoms with Crippen molar-refractivity contribution in [3.05, 3.63) is 204 Å². The lowest BCUT2D eigenvalue weighted by molar-refractivity contribution is 0.487. The van der Waals surface area contributed by atoms with Crippen LogP contribution in [0.4, 0.5) is 0 Å². The minimum absolute atomic E-state index is 0.408. The summed E-state index contributed by atoms with van der Waals surface area (Å²) in [6, 6.07) is 66.2. The number of benzene rings is 8. The SMILES string of the molecule is c1ccc(C2(c3ccccc3)c3ccccc3-c3c(-c4ccc(-c5ccc6c7c(cccc57)-c5ccccc5O6)cc4)cccc32)cc1. The van der Waals surface area contributed by atoms with E-state index in [1.165, 1.54) is 72.0 Å². The number of ether oxygens (including phenoxy) is 1. The summed E-state index contributed by atoms with van der Waals surface area (Å²) >= 11 is 0. The Bertz CT molecular complexity index is 2470. The van der Waals surface area contributed by atoms with Gasteiger partial charge in [-0.25, -0.2) is 0 Å². The molecule has 8 aromatic rings. The monoisotopic (exact) mass is 610 g/mol. The summed E-state index contributed by atoms with van der Waals surface area (Å²) in [6.07, 6.45) is 0. The van der Waals surface area contributed by atoms with Crippen LogP contribution in [0, 0.1) is 0 Å². The number of rotatable bonds is 4. The fraction of sp³-hybridized carbons (Fsp3) is 0.0213. The van der Waals surface area contributed by atoms with Crippen LogP contribution in [0.2, 0.25) is 0 Å². The first-order chi connectivity index (χ1) is 23.8. The highest BCUT2D eigenvalue weighted by molar-refractivity contribution is 6.10. The van der Waals surface area contributed by atoms with E-state index in [-0.39, 0.29) is 0 Å². The molecule has 1 nitrogen and oxygen atoms in total. The summed E-state index contributed by atoms with van der Waals surface area (Å²) in [5, 5.41) is 2.38. The van der Waals surface area contributed by atoms with Gasteiger partial charge in [-0.1, -0.05) is 170 Å². The van der Waals surface area contributed by atoms with E-state index in [1.807, 2.05) is 12.1 Å². The molecule has 0 spiro atoms. The van der Waals surface area contributed by atoms with Gasteiger partial charge in [0.1, 0.15) is 11.5 Å². The minimum Gasteiger partial charge on any atom is -0.456 e. The zero-order chi connectivity index (χ0) is 31.7. The van der Waals surface area contributed by atoms with Crippen molar-refractivity contribution in [2.75, 3.05) is 0 Å². The Hall–Kier alpha value is -6.18. The molecule has 0 N–H and O–H groups in total. The molecule has 0 atom stereocenters. The fourth-order valence-electron chi connectivity index (χ4n) is 8.40. The van der Waals surface area contributed by atoms with E-state index >= 15 is 0 Å². The maximum Gasteiger partial charge on any atom is 0.135 e. The normalized spacial score (nSPS) is 13.3. The molecule has 2 aliphatic rings. The molecule has 0 saturated heterocycles. The zero-order valence-electron chi connectivity index (χ0n) is 26.2. The molecule has 0 unspecified atom stereocenters. The van der Waals surface area contributed by atoms with Crippen molar-refractivity contribution in [1.82, 2.24) is 0 Å². The molecule has 0 fully saturated rings. The second kappa shape index (κ2) is 10.4. The quantitative estimate of drug-likeness (QED) is 0.193. The highest BCUT2D eigenvalue weighted by Crippen LogP contribution is 2.58. The summed E-state index contributed by atoms with van der Waals surface area (Å²) in [6.45, 7) is 0. The van der Waals surface area contributed by atoms with E-state index in [4.69, 9.17) is 4.74 Å². The van der Waals surface area contributed by atoms with Crippen molar-refractivity contribution < 1.29 is 4.74 Å². The lowest BCUT2D eigenvalue weighted by Crippen LogP contribution is -2.28. The molecule has 1 heterocycles. The average Bonchev–Trinajstić information content (AvgIpc) is 3.47. The van der Waals surface area contributed by atoms with Crippen LogP contribution in [-0.4, -0.2) is 0 Å². The lowest BCUT2D eigenvalue weighted by atomic mass is 9.67. The van der Waals surface area contributed by atoms with E-state index in [1.54, 1.807) is 0 Å². The minimum atomic E-state index is -0.408. The van der Waals surface area contributed by atoms with Crippen molar-refractivity contribution in [1.29, 1.82) is 0 Å². The van der Waals surface area contributed by atoms with Crippen molar-refractivity contribution in [3.63, 3.8) is 0 Å². The predicted molar refractivity (Wildman–Crippen MR) is 198 cm³/mol. The van der Waals surface area contributed by atoms with Gasteiger partial charge < -0.3 is 4.74 Å². The van der Waals surface area contributed by atoms with Crippen LogP contribution in [0.1, 0.15) is 22.3 Å². The van der Waals surface area contributed by atoms with Gasteiger partial charge >= 0.3 is 0 Å². The van der Waals surface area contributed by atoms with Crippen molar-refractivity contribution in [2.45, 2.75) is 5.41 Å². The standard InChI is InChI=1S/C47H30O/c1-3-13-33(14-4-1)47(34-15-5-2-6-16-34)41-22-9-7-18-40(41)45-36(19-12-23-42(45)47)32-27-25-31(26-28-32)35-29-30-44-46-38(35)20-11-21-39(46)37-17-8-10-24-43(37)48-44/h1-30H. The largest absolute Gasteiger partial charge is 0.456 e. The lowest BCUT2D eigenvalue weighted by Gasteiger charge is -2.34. The van der Waals surface area contributed by atoms with Crippen LogP contribution in [-0.2, 0) is 5.41 Å². The fourth-order valence-corrected chi connectivity index (χ4v) is 8.40. The van der Waals surface area contributed by atoms with Crippen LogP contribution in [0.15, 0.2) is 182 Å². The van der Waals surface area contributed by atoms with Gasteiger partial charge in [-0.2, -0.15) is 0 Å². The maximum absolute atomic E-state index is 6.37. The molecule has 10 rings (SSSR count). The number of hydrogen-bond donors (Lipinski definition) is 0. The Kier molecular flexibility index (Phi) is 5.86. The summed E-state index contributed by atoms with van der Waals surface area (Å²) in [5.74, 6) is 1.83. The summed E-state index contributed by atoms with van der Waals surface area (Å²) in [4.78, 5) is 0. The zero-order valence-corrected chi connectivity index (χ0v) is 26.2. The Morgan fingerprint density at radius 1 is 0.333 bits per heavy atom. The van der Waals surface area contributed by atoms with E-state index in [0.29, 0.717) is 0 Å². The van der Waals surface area contributed by atoms with Gasteiger partial charge in [-0.3, -0.25) is 0 Å². The van der Waals surface area contributed by atoms with Crippen molar-refractivity contribution in [2.24, 2.45) is 0 Å². The highest BCUT2D eigenvalue weighted by Gasteiger charge is 2.46. The third-order valence-electron chi connectivity index (χ3n) is 10.4. The highest BCUT2D eigenvalue weighted by atomic mass is 16.5. The Labute approximate surface area is 280 Å². The van der Waals surface area contributed by atoms with Crippen molar-refractivity contribution >= 4 is 10.8 Å². The van der Waals surface area contributed by atoms with Gasteiger partial charge in [0, 0.05) is 10.9 Å². The van der Waals surface area contributed by atoms with E-state index < -0.39 is 5.41 Å². The Balaban J connectivity index is 1.14. The van der Waals surface area contributed by atoms with Crippen LogP contribution >= 0.6 is 0 Å². The molecule has 1 aliphatic carbocycles. The molecule has 0 radical (unpaired) electrons. The molecule has 48 heavy (non-hydrogen) atoms. The summed E-state index contributed by atoms with van der Waals surface area (Å²) < 4.78 is 6.37. The number of hydrogen-bond acceptors (Lipinski definition) is 1. The first-order valence-electron chi connectivity index (χ1n) is 16.6. The van der Waals surface area contributed by atoms with Crippen LogP contribution in [0.3, 0.4) is 0 Å². The van der Waals surface area contributed by atoms with Crippen molar-refractivity contribution in [3.8, 4) is 56.0 Å². The van der Waals surface area contributed by atoms with Crippen LogP contribution in [0.25, 0.3) is 55.3 Å². The molecular formula is C47H30O. The maximum atomic E-state index is 6.37.